The maximum atomic E-state index is 10.7. The van der Waals surface area contributed by atoms with E-state index in [2.05, 4.69) is 5.16 Å². The molecular weight excluding hydrogens is 220 g/mol. The van der Waals surface area contributed by atoms with Gasteiger partial charge < -0.3 is 5.21 Å². The Morgan fingerprint density at radius 1 is 1.47 bits per heavy atom. The van der Waals surface area contributed by atoms with Crippen molar-refractivity contribution in [2.45, 2.75) is 13.8 Å². The molecule has 1 rings (SSSR count). The van der Waals surface area contributed by atoms with Crippen molar-refractivity contribution in [2.75, 3.05) is 0 Å². The first kappa shape index (κ1) is 11.5. The Morgan fingerprint density at radius 3 is 2.53 bits per heavy atom. The molecule has 1 aromatic rings. The number of benzene rings is 1. The second-order valence-corrected chi connectivity index (χ2v) is 3.46. The average molecular weight is 229 g/mol. The van der Waals surface area contributed by atoms with Gasteiger partial charge in [-0.2, -0.15) is 0 Å². The van der Waals surface area contributed by atoms with Crippen molar-refractivity contribution in [2.24, 2.45) is 5.16 Å². The summed E-state index contributed by atoms with van der Waals surface area (Å²) in [6, 6.07) is 2.92. The lowest BCUT2D eigenvalue weighted by Gasteiger charge is -2.04. The van der Waals surface area contributed by atoms with E-state index in [1.54, 1.807) is 19.9 Å². The van der Waals surface area contributed by atoms with Crippen molar-refractivity contribution in [3.63, 3.8) is 0 Å². The van der Waals surface area contributed by atoms with Gasteiger partial charge in [0.15, 0.2) is 5.17 Å². The lowest BCUT2D eigenvalue weighted by atomic mass is 10.0. The molecule has 0 radical (unpaired) electrons. The van der Waals surface area contributed by atoms with E-state index in [1.807, 2.05) is 0 Å². The van der Waals surface area contributed by atoms with E-state index in [4.69, 9.17) is 16.8 Å². The highest BCUT2D eigenvalue weighted by Crippen LogP contribution is 2.23. The molecule has 15 heavy (non-hydrogen) atoms. The number of halogens is 1. The maximum absolute atomic E-state index is 10.7. The summed E-state index contributed by atoms with van der Waals surface area (Å²) in [4.78, 5) is 10.2. The molecule has 0 aromatic heterocycles. The van der Waals surface area contributed by atoms with Gasteiger partial charge in [-0.05, 0) is 25.5 Å². The Kier molecular flexibility index (Phi) is 3.26. The highest BCUT2D eigenvalue weighted by molar-refractivity contribution is 6.69. The van der Waals surface area contributed by atoms with E-state index in [-0.39, 0.29) is 10.9 Å². The number of aryl methyl sites for hydroxylation is 2. The Balaban J connectivity index is 3.43. The average Bonchev–Trinajstić information content (AvgIpc) is 2.16. The van der Waals surface area contributed by atoms with Gasteiger partial charge in [-0.25, -0.2) is 0 Å². The lowest BCUT2D eigenvalue weighted by Crippen LogP contribution is -2.00. The Labute approximate surface area is 91.1 Å². The van der Waals surface area contributed by atoms with Crippen LogP contribution in [0.15, 0.2) is 17.3 Å². The fourth-order valence-electron chi connectivity index (χ4n) is 1.31. The third-order valence-electron chi connectivity index (χ3n) is 2.05. The second kappa shape index (κ2) is 4.27. The van der Waals surface area contributed by atoms with Gasteiger partial charge in [-0.1, -0.05) is 16.8 Å². The fourth-order valence-corrected chi connectivity index (χ4v) is 1.52. The monoisotopic (exact) mass is 228 g/mol. The van der Waals surface area contributed by atoms with Crippen LogP contribution in [0, 0.1) is 24.0 Å². The summed E-state index contributed by atoms with van der Waals surface area (Å²) in [6.45, 7) is 3.37. The molecule has 5 nitrogen and oxygen atoms in total. The summed E-state index contributed by atoms with van der Waals surface area (Å²) >= 11 is 5.60. The molecule has 0 amide bonds. The number of oxime groups is 1. The molecule has 1 aromatic carbocycles. The Hall–Kier alpha value is -1.62. The van der Waals surface area contributed by atoms with E-state index in [1.165, 1.54) is 6.07 Å². The predicted molar refractivity (Wildman–Crippen MR) is 56.7 cm³/mol. The van der Waals surface area contributed by atoms with Gasteiger partial charge in [0.25, 0.3) is 5.69 Å². The van der Waals surface area contributed by atoms with E-state index >= 15 is 0 Å². The van der Waals surface area contributed by atoms with Gasteiger partial charge >= 0.3 is 0 Å². The standard InChI is InChI=1S/C9H9ClN2O3/c1-5-3-6(2)8(12(14)15)4-7(5)9(10)11-13/h3-4,13H,1-2H3. The van der Waals surface area contributed by atoms with Crippen LogP contribution in [0.4, 0.5) is 5.69 Å². The second-order valence-electron chi connectivity index (χ2n) is 3.10. The minimum Gasteiger partial charge on any atom is -0.410 e. The lowest BCUT2D eigenvalue weighted by molar-refractivity contribution is -0.385. The number of hydrogen-bond donors (Lipinski definition) is 1. The van der Waals surface area contributed by atoms with Gasteiger partial charge in [-0.3, -0.25) is 10.1 Å². The first-order valence-electron chi connectivity index (χ1n) is 4.11. The molecule has 80 valence electrons. The summed E-state index contributed by atoms with van der Waals surface area (Å²) in [6.07, 6.45) is 0. The third kappa shape index (κ3) is 2.24. The van der Waals surface area contributed by atoms with Crippen LogP contribution in [-0.2, 0) is 0 Å². The number of rotatable bonds is 2. The molecule has 6 heteroatoms. The van der Waals surface area contributed by atoms with Crippen LogP contribution in [0.3, 0.4) is 0 Å². The maximum Gasteiger partial charge on any atom is 0.273 e. The molecular formula is C9H9ClN2O3. The van der Waals surface area contributed by atoms with Gasteiger partial charge in [-0.15, -0.1) is 0 Å². The third-order valence-corrected chi connectivity index (χ3v) is 2.33. The molecule has 0 unspecified atom stereocenters. The van der Waals surface area contributed by atoms with Crippen LogP contribution < -0.4 is 0 Å². The fraction of sp³-hybridized carbons (Fsp3) is 0.222. The molecule has 1 N–H and O–H groups in total. The molecule has 0 heterocycles. The molecule has 0 bridgehead atoms. The van der Waals surface area contributed by atoms with E-state index in [0.717, 1.165) is 5.56 Å². The molecule has 0 aliphatic carbocycles. The predicted octanol–water partition coefficient (Wildman–Crippen LogP) is 2.59. The minimum absolute atomic E-state index is 0.0441. The topological polar surface area (TPSA) is 75.7 Å². The van der Waals surface area contributed by atoms with E-state index in [9.17, 15) is 10.1 Å². The van der Waals surface area contributed by atoms with Crippen LogP contribution in [0.5, 0.6) is 0 Å². The molecule has 0 saturated carbocycles. The van der Waals surface area contributed by atoms with Crippen molar-refractivity contribution in [3.05, 3.63) is 38.9 Å². The van der Waals surface area contributed by atoms with Gasteiger partial charge in [0.05, 0.1) is 4.92 Å². The minimum atomic E-state index is -0.500. The van der Waals surface area contributed by atoms with Crippen molar-refractivity contribution >= 4 is 22.5 Å². The first-order chi connectivity index (χ1) is 6.97. The largest absolute Gasteiger partial charge is 0.410 e. The van der Waals surface area contributed by atoms with Gasteiger partial charge in [0, 0.05) is 17.2 Å². The highest BCUT2D eigenvalue weighted by atomic mass is 35.5. The zero-order valence-electron chi connectivity index (χ0n) is 8.19. The number of nitro benzene ring substituents is 1. The smallest absolute Gasteiger partial charge is 0.273 e. The summed E-state index contributed by atoms with van der Waals surface area (Å²) < 4.78 is 0. The number of hydrogen-bond acceptors (Lipinski definition) is 4. The molecule has 0 spiro atoms. The van der Waals surface area contributed by atoms with Crippen LogP contribution in [-0.4, -0.2) is 15.3 Å². The SMILES string of the molecule is Cc1cc(C)c([N+](=O)[O-])cc1C(Cl)=NO. The van der Waals surface area contributed by atoms with Crippen LogP contribution in [0.2, 0.25) is 0 Å². The van der Waals surface area contributed by atoms with Crippen molar-refractivity contribution < 1.29 is 10.1 Å². The van der Waals surface area contributed by atoms with Crippen LogP contribution in [0.1, 0.15) is 16.7 Å². The van der Waals surface area contributed by atoms with Crippen LogP contribution in [0.25, 0.3) is 0 Å². The van der Waals surface area contributed by atoms with Gasteiger partial charge in [0.2, 0.25) is 0 Å². The summed E-state index contributed by atoms with van der Waals surface area (Å²) in [5.74, 6) is 0. The van der Waals surface area contributed by atoms with E-state index in [0.29, 0.717) is 11.1 Å². The quantitative estimate of drug-likeness (QED) is 0.366. The summed E-state index contributed by atoms with van der Waals surface area (Å²) in [5.41, 5.74) is 1.58. The molecule has 0 atom stereocenters. The van der Waals surface area contributed by atoms with Crippen molar-refractivity contribution in [3.8, 4) is 0 Å². The summed E-state index contributed by atoms with van der Waals surface area (Å²) in [7, 11) is 0. The summed E-state index contributed by atoms with van der Waals surface area (Å²) in [5, 5.41) is 21.8. The van der Waals surface area contributed by atoms with Gasteiger partial charge in [0.1, 0.15) is 0 Å². The Morgan fingerprint density at radius 2 is 2.07 bits per heavy atom. The van der Waals surface area contributed by atoms with Crippen LogP contribution >= 0.6 is 11.6 Å². The highest BCUT2D eigenvalue weighted by Gasteiger charge is 2.15. The first-order valence-corrected chi connectivity index (χ1v) is 4.48. The van der Waals surface area contributed by atoms with E-state index < -0.39 is 4.92 Å². The molecule has 0 fully saturated rings. The molecule has 0 saturated heterocycles. The normalized spacial score (nSPS) is 11.5. The molecule has 0 aliphatic heterocycles. The number of nitro groups is 1. The zero-order valence-corrected chi connectivity index (χ0v) is 8.95. The Bertz CT molecular complexity index is 443. The van der Waals surface area contributed by atoms with Crippen molar-refractivity contribution in [1.29, 1.82) is 0 Å². The number of nitrogens with zero attached hydrogens (tertiary/aromatic N) is 2. The zero-order chi connectivity index (χ0) is 11.6. The molecule has 0 aliphatic rings. The van der Waals surface area contributed by atoms with Crippen molar-refractivity contribution in [1.82, 2.24) is 0 Å².